The van der Waals surface area contributed by atoms with Crippen molar-refractivity contribution in [2.45, 2.75) is 26.8 Å². The van der Waals surface area contributed by atoms with Gasteiger partial charge in [0.05, 0.1) is 19.3 Å². The summed E-state index contributed by atoms with van der Waals surface area (Å²) in [6.45, 7) is 6.07. The Morgan fingerprint density at radius 3 is 2.56 bits per heavy atom. The average Bonchev–Trinajstić information content (AvgIpc) is 2.87. The molecule has 0 aromatic heterocycles. The summed E-state index contributed by atoms with van der Waals surface area (Å²) in [5, 5.41) is 2.77. The Balaban J connectivity index is 1.81. The number of ether oxygens (including phenoxy) is 2. The second kappa shape index (κ2) is 7.70. The first kappa shape index (κ1) is 18.8. The predicted octanol–water partition coefficient (Wildman–Crippen LogP) is 2.91. The van der Waals surface area contributed by atoms with Crippen LogP contribution in [0, 0.1) is 13.8 Å². The molecule has 1 N–H and O–H groups in total. The number of anilines is 1. The first-order valence-corrected chi connectivity index (χ1v) is 8.87. The standard InChI is InChI=1S/C21H24N2O4/c1-13-11-14(2)20-16(12-13)19(22-15(3)24)21(25)23(20)9-10-27-18-8-6-5-7-17(18)26-4/h5-8,11-12,19H,9-10H2,1-4H3,(H,22,24)/t19-/m1/s1. The van der Waals surface area contributed by atoms with Gasteiger partial charge in [-0.25, -0.2) is 0 Å². The molecule has 3 rings (SSSR count). The number of fused-ring (bicyclic) bond motifs is 1. The van der Waals surface area contributed by atoms with Crippen LogP contribution >= 0.6 is 0 Å². The SMILES string of the molecule is COc1ccccc1OCCN1C(=O)[C@H](NC(C)=O)c2cc(C)cc(C)c21. The van der Waals surface area contributed by atoms with Crippen molar-refractivity contribution in [1.82, 2.24) is 5.32 Å². The topological polar surface area (TPSA) is 67.9 Å². The van der Waals surface area contributed by atoms with E-state index in [-0.39, 0.29) is 11.8 Å². The van der Waals surface area contributed by atoms with Gasteiger partial charge in [0.1, 0.15) is 12.6 Å². The average molecular weight is 368 g/mol. The number of nitrogens with one attached hydrogen (secondary N) is 1. The predicted molar refractivity (Wildman–Crippen MR) is 103 cm³/mol. The molecule has 0 radical (unpaired) electrons. The van der Waals surface area contributed by atoms with Crippen molar-refractivity contribution in [2.75, 3.05) is 25.2 Å². The zero-order valence-corrected chi connectivity index (χ0v) is 16.0. The van der Waals surface area contributed by atoms with Gasteiger partial charge in [0, 0.05) is 12.5 Å². The highest BCUT2D eigenvalue weighted by molar-refractivity contribution is 6.07. The molecule has 27 heavy (non-hydrogen) atoms. The summed E-state index contributed by atoms with van der Waals surface area (Å²) >= 11 is 0. The second-order valence-electron chi connectivity index (χ2n) is 6.64. The van der Waals surface area contributed by atoms with Gasteiger partial charge in [0.2, 0.25) is 5.91 Å². The number of methoxy groups -OCH3 is 1. The summed E-state index contributed by atoms with van der Waals surface area (Å²) in [5.74, 6) is 0.905. The molecule has 2 amide bonds. The van der Waals surface area contributed by atoms with Crippen molar-refractivity contribution in [3.05, 3.63) is 53.1 Å². The number of hydrogen-bond donors (Lipinski definition) is 1. The third-order valence-electron chi connectivity index (χ3n) is 4.56. The van der Waals surface area contributed by atoms with Gasteiger partial charge in [-0.15, -0.1) is 0 Å². The highest BCUT2D eigenvalue weighted by Gasteiger charge is 2.38. The first-order chi connectivity index (χ1) is 12.9. The lowest BCUT2D eigenvalue weighted by Crippen LogP contribution is -2.38. The maximum Gasteiger partial charge on any atom is 0.254 e. The zero-order chi connectivity index (χ0) is 19.6. The Morgan fingerprint density at radius 2 is 1.89 bits per heavy atom. The van der Waals surface area contributed by atoms with Gasteiger partial charge < -0.3 is 19.7 Å². The maximum atomic E-state index is 13.0. The smallest absolute Gasteiger partial charge is 0.254 e. The number of carbonyl (C=O) groups is 2. The molecule has 1 aliphatic heterocycles. The van der Waals surface area contributed by atoms with E-state index in [0.29, 0.717) is 24.7 Å². The molecule has 2 aromatic rings. The molecule has 1 aliphatic rings. The molecule has 6 heteroatoms. The van der Waals surface area contributed by atoms with Crippen molar-refractivity contribution in [2.24, 2.45) is 0 Å². The number of aryl methyl sites for hydroxylation is 2. The molecule has 1 atom stereocenters. The lowest BCUT2D eigenvalue weighted by molar-refractivity contribution is -0.126. The van der Waals surface area contributed by atoms with Crippen LogP contribution in [0.2, 0.25) is 0 Å². The molecule has 6 nitrogen and oxygen atoms in total. The largest absolute Gasteiger partial charge is 0.493 e. The molecule has 0 spiro atoms. The molecule has 0 unspecified atom stereocenters. The zero-order valence-electron chi connectivity index (χ0n) is 16.0. The van der Waals surface area contributed by atoms with Crippen molar-refractivity contribution >= 4 is 17.5 Å². The highest BCUT2D eigenvalue weighted by Crippen LogP contribution is 2.39. The molecule has 0 saturated heterocycles. The number of benzene rings is 2. The molecular formula is C21H24N2O4. The fourth-order valence-electron chi connectivity index (χ4n) is 3.53. The van der Waals surface area contributed by atoms with Gasteiger partial charge in [-0.3, -0.25) is 9.59 Å². The minimum absolute atomic E-state index is 0.141. The Hall–Kier alpha value is -3.02. The molecule has 0 bridgehead atoms. The number of nitrogens with zero attached hydrogens (tertiary/aromatic N) is 1. The van der Waals surface area contributed by atoms with Crippen LogP contribution in [0.5, 0.6) is 11.5 Å². The van der Waals surface area contributed by atoms with E-state index in [9.17, 15) is 9.59 Å². The molecular weight excluding hydrogens is 344 g/mol. The summed E-state index contributed by atoms with van der Waals surface area (Å²) in [6, 6.07) is 10.7. The Labute approximate surface area is 159 Å². The molecule has 142 valence electrons. The molecule has 0 saturated carbocycles. The number of para-hydroxylation sites is 2. The van der Waals surface area contributed by atoms with Gasteiger partial charge >= 0.3 is 0 Å². The van der Waals surface area contributed by atoms with E-state index in [0.717, 1.165) is 22.4 Å². The van der Waals surface area contributed by atoms with Crippen molar-refractivity contribution in [1.29, 1.82) is 0 Å². The van der Waals surface area contributed by atoms with Crippen molar-refractivity contribution < 1.29 is 19.1 Å². The number of carbonyl (C=O) groups excluding carboxylic acids is 2. The number of rotatable bonds is 6. The van der Waals surface area contributed by atoms with Gasteiger partial charge in [-0.05, 0) is 31.5 Å². The van der Waals surface area contributed by atoms with Crippen molar-refractivity contribution in [3.8, 4) is 11.5 Å². The minimum atomic E-state index is -0.651. The summed E-state index contributed by atoms with van der Waals surface area (Å²) in [7, 11) is 1.59. The van der Waals surface area contributed by atoms with Crippen molar-refractivity contribution in [3.63, 3.8) is 0 Å². The quantitative estimate of drug-likeness (QED) is 0.851. The van der Waals surface area contributed by atoms with E-state index in [2.05, 4.69) is 5.32 Å². The van der Waals surface area contributed by atoms with E-state index in [4.69, 9.17) is 9.47 Å². The Morgan fingerprint density at radius 1 is 1.19 bits per heavy atom. The normalized spacial score (nSPS) is 15.5. The lowest BCUT2D eigenvalue weighted by atomic mass is 10.0. The first-order valence-electron chi connectivity index (χ1n) is 8.87. The van der Waals surface area contributed by atoms with Crippen LogP contribution in [0.25, 0.3) is 0 Å². The molecule has 0 aliphatic carbocycles. The van der Waals surface area contributed by atoms with E-state index in [1.807, 2.05) is 50.2 Å². The fraction of sp³-hybridized carbons (Fsp3) is 0.333. The van der Waals surface area contributed by atoms with Gasteiger partial charge in [-0.1, -0.05) is 29.8 Å². The number of amides is 2. The van der Waals surface area contributed by atoms with Crippen LogP contribution < -0.4 is 19.7 Å². The molecule has 0 fully saturated rings. The number of hydrogen-bond acceptors (Lipinski definition) is 4. The minimum Gasteiger partial charge on any atom is -0.493 e. The summed E-state index contributed by atoms with van der Waals surface area (Å²) in [5.41, 5.74) is 3.75. The van der Waals surface area contributed by atoms with Crippen LogP contribution in [0.1, 0.15) is 29.7 Å². The second-order valence-corrected chi connectivity index (χ2v) is 6.64. The molecule has 2 aromatic carbocycles. The van der Waals surface area contributed by atoms with Crippen LogP contribution in [-0.4, -0.2) is 32.1 Å². The van der Waals surface area contributed by atoms with Crippen LogP contribution in [0.15, 0.2) is 36.4 Å². The fourth-order valence-corrected chi connectivity index (χ4v) is 3.53. The third-order valence-corrected chi connectivity index (χ3v) is 4.56. The highest BCUT2D eigenvalue weighted by atomic mass is 16.5. The van der Waals surface area contributed by atoms with E-state index >= 15 is 0 Å². The van der Waals surface area contributed by atoms with Crippen LogP contribution in [0.4, 0.5) is 5.69 Å². The van der Waals surface area contributed by atoms with Crippen LogP contribution in [-0.2, 0) is 9.59 Å². The van der Waals surface area contributed by atoms with E-state index in [1.54, 1.807) is 12.0 Å². The summed E-state index contributed by atoms with van der Waals surface area (Å²) in [6.07, 6.45) is 0. The Bertz CT molecular complexity index is 878. The van der Waals surface area contributed by atoms with E-state index < -0.39 is 6.04 Å². The maximum absolute atomic E-state index is 13.0. The van der Waals surface area contributed by atoms with Gasteiger partial charge in [0.15, 0.2) is 11.5 Å². The third kappa shape index (κ3) is 3.74. The summed E-state index contributed by atoms with van der Waals surface area (Å²) < 4.78 is 11.1. The van der Waals surface area contributed by atoms with E-state index in [1.165, 1.54) is 6.92 Å². The van der Waals surface area contributed by atoms with Gasteiger partial charge in [-0.2, -0.15) is 0 Å². The monoisotopic (exact) mass is 368 g/mol. The molecule has 1 heterocycles. The summed E-state index contributed by atoms with van der Waals surface area (Å²) in [4.78, 5) is 26.2. The lowest BCUT2D eigenvalue weighted by Gasteiger charge is -2.20. The Kier molecular flexibility index (Phi) is 5.35. The van der Waals surface area contributed by atoms with Crippen LogP contribution in [0.3, 0.4) is 0 Å². The van der Waals surface area contributed by atoms with Gasteiger partial charge in [0.25, 0.3) is 5.91 Å².